The van der Waals surface area contributed by atoms with Gasteiger partial charge in [0, 0.05) is 41.9 Å². The average Bonchev–Trinajstić information content (AvgIpc) is 2.64. The number of anilines is 1. The number of aryl methyl sites for hydroxylation is 1. The van der Waals surface area contributed by atoms with Crippen molar-refractivity contribution in [3.63, 3.8) is 0 Å². The van der Waals surface area contributed by atoms with E-state index in [9.17, 15) is 4.79 Å². The van der Waals surface area contributed by atoms with Crippen molar-refractivity contribution in [1.29, 1.82) is 0 Å². The van der Waals surface area contributed by atoms with Crippen LogP contribution in [0.25, 0.3) is 0 Å². The van der Waals surface area contributed by atoms with E-state index in [4.69, 9.17) is 23.2 Å². The Kier molecular flexibility index (Phi) is 6.51. The number of hydrogen-bond acceptors (Lipinski definition) is 4. The Morgan fingerprint density at radius 1 is 1.04 bits per heavy atom. The zero-order valence-electron chi connectivity index (χ0n) is 14.6. The molecular formula is C20H22Cl2N2OS. The predicted octanol–water partition coefficient (Wildman–Crippen LogP) is 4.66. The largest absolute Gasteiger partial charge is 0.369 e. The van der Waals surface area contributed by atoms with Crippen molar-refractivity contribution in [3.05, 3.63) is 63.6 Å². The molecule has 1 heterocycles. The number of benzene rings is 2. The highest BCUT2D eigenvalue weighted by Gasteiger charge is 2.30. The first-order chi connectivity index (χ1) is 12.5. The van der Waals surface area contributed by atoms with Crippen molar-refractivity contribution in [2.75, 3.05) is 31.1 Å². The first-order valence-electron chi connectivity index (χ1n) is 8.63. The SMILES string of the molecule is Cc1ccc(Cl)cc1N1CCN(C(c2cccc(Cl)c2)C(S)C=O)CC1. The Balaban J connectivity index is 1.77. The first-order valence-corrected chi connectivity index (χ1v) is 9.91. The number of thiol groups is 1. The second kappa shape index (κ2) is 8.66. The summed E-state index contributed by atoms with van der Waals surface area (Å²) >= 11 is 16.8. The third kappa shape index (κ3) is 4.37. The maximum absolute atomic E-state index is 11.5. The lowest BCUT2D eigenvalue weighted by Gasteiger charge is -2.41. The lowest BCUT2D eigenvalue weighted by atomic mass is 10.0. The van der Waals surface area contributed by atoms with Gasteiger partial charge in [-0.05, 0) is 42.3 Å². The molecule has 0 radical (unpaired) electrons. The van der Waals surface area contributed by atoms with Gasteiger partial charge in [0.15, 0.2) is 0 Å². The highest BCUT2D eigenvalue weighted by Crippen LogP contribution is 2.31. The number of carbonyl (C=O) groups excluding carboxylic acids is 1. The molecule has 2 atom stereocenters. The fraction of sp³-hybridized carbons (Fsp3) is 0.350. The van der Waals surface area contributed by atoms with Crippen LogP contribution in [-0.4, -0.2) is 42.6 Å². The number of halogens is 2. The third-order valence-corrected chi connectivity index (χ3v) is 5.75. The van der Waals surface area contributed by atoms with Gasteiger partial charge in [0.25, 0.3) is 0 Å². The first kappa shape index (κ1) is 19.6. The molecule has 1 fully saturated rings. The smallest absolute Gasteiger partial charge is 0.134 e. The molecule has 2 unspecified atom stereocenters. The summed E-state index contributed by atoms with van der Waals surface area (Å²) in [5.41, 5.74) is 3.42. The van der Waals surface area contributed by atoms with Gasteiger partial charge in [0.1, 0.15) is 6.29 Å². The molecule has 26 heavy (non-hydrogen) atoms. The van der Waals surface area contributed by atoms with E-state index in [0.717, 1.165) is 43.1 Å². The Labute approximate surface area is 170 Å². The van der Waals surface area contributed by atoms with Crippen LogP contribution < -0.4 is 4.90 Å². The van der Waals surface area contributed by atoms with Gasteiger partial charge < -0.3 is 9.69 Å². The fourth-order valence-corrected chi connectivity index (χ4v) is 4.28. The molecule has 0 aliphatic carbocycles. The summed E-state index contributed by atoms with van der Waals surface area (Å²) < 4.78 is 0. The summed E-state index contributed by atoms with van der Waals surface area (Å²) in [7, 11) is 0. The molecule has 0 aromatic heterocycles. The van der Waals surface area contributed by atoms with Crippen molar-refractivity contribution >= 4 is 47.8 Å². The standard InChI is InChI=1S/C20H22Cl2N2OS/c1-14-5-6-17(22)12-18(14)23-7-9-24(10-8-23)20(19(26)13-25)15-3-2-4-16(21)11-15/h2-6,11-13,19-20,26H,7-10H2,1H3. The zero-order chi connectivity index (χ0) is 18.7. The summed E-state index contributed by atoms with van der Waals surface area (Å²) in [5, 5.41) is 1.03. The molecule has 2 aromatic carbocycles. The maximum Gasteiger partial charge on any atom is 0.134 e. The van der Waals surface area contributed by atoms with Crippen molar-refractivity contribution in [2.24, 2.45) is 0 Å². The van der Waals surface area contributed by atoms with E-state index in [1.54, 1.807) is 0 Å². The Morgan fingerprint density at radius 3 is 2.38 bits per heavy atom. The summed E-state index contributed by atoms with van der Waals surface area (Å²) in [5.74, 6) is 0. The quantitative estimate of drug-likeness (QED) is 0.574. The minimum absolute atomic E-state index is 0.0860. The lowest BCUT2D eigenvalue weighted by Crippen LogP contribution is -2.49. The topological polar surface area (TPSA) is 23.6 Å². The molecule has 0 N–H and O–H groups in total. The van der Waals surface area contributed by atoms with Gasteiger partial charge in [0.05, 0.1) is 11.3 Å². The van der Waals surface area contributed by atoms with Crippen molar-refractivity contribution in [1.82, 2.24) is 4.90 Å². The van der Waals surface area contributed by atoms with Crippen molar-refractivity contribution in [3.8, 4) is 0 Å². The number of aldehydes is 1. The van der Waals surface area contributed by atoms with E-state index in [1.807, 2.05) is 36.4 Å². The fourth-order valence-electron chi connectivity index (χ4n) is 3.55. The van der Waals surface area contributed by atoms with Crippen LogP contribution in [0.1, 0.15) is 17.2 Å². The predicted molar refractivity (Wildman–Crippen MR) is 113 cm³/mol. The molecule has 6 heteroatoms. The molecule has 0 spiro atoms. The minimum atomic E-state index is -0.395. The summed E-state index contributed by atoms with van der Waals surface area (Å²) in [6.45, 7) is 5.53. The molecule has 1 aliphatic rings. The summed E-state index contributed by atoms with van der Waals surface area (Å²) in [4.78, 5) is 16.1. The molecule has 3 rings (SSSR count). The van der Waals surface area contributed by atoms with E-state index < -0.39 is 5.25 Å². The van der Waals surface area contributed by atoms with Crippen LogP contribution in [0.3, 0.4) is 0 Å². The van der Waals surface area contributed by atoms with Crippen LogP contribution >= 0.6 is 35.8 Å². The number of rotatable bonds is 5. The van der Waals surface area contributed by atoms with Gasteiger partial charge in [-0.15, -0.1) is 0 Å². The molecule has 0 amide bonds. The van der Waals surface area contributed by atoms with Crippen LogP contribution in [0.4, 0.5) is 5.69 Å². The van der Waals surface area contributed by atoms with Crippen molar-refractivity contribution < 1.29 is 4.79 Å². The van der Waals surface area contributed by atoms with Crippen molar-refractivity contribution in [2.45, 2.75) is 18.2 Å². The van der Waals surface area contributed by atoms with E-state index in [-0.39, 0.29) is 6.04 Å². The molecule has 3 nitrogen and oxygen atoms in total. The molecule has 1 saturated heterocycles. The Morgan fingerprint density at radius 2 is 1.73 bits per heavy atom. The maximum atomic E-state index is 11.5. The van der Waals surface area contributed by atoms with Gasteiger partial charge >= 0.3 is 0 Å². The van der Waals surface area contributed by atoms with E-state index in [1.165, 1.54) is 11.3 Å². The van der Waals surface area contributed by atoms with Crippen LogP contribution in [0.15, 0.2) is 42.5 Å². The molecular weight excluding hydrogens is 387 g/mol. The lowest BCUT2D eigenvalue weighted by molar-refractivity contribution is -0.108. The second-order valence-electron chi connectivity index (χ2n) is 6.58. The van der Waals surface area contributed by atoms with Crippen LogP contribution in [0.2, 0.25) is 10.0 Å². The van der Waals surface area contributed by atoms with Gasteiger partial charge in [-0.3, -0.25) is 4.90 Å². The summed E-state index contributed by atoms with van der Waals surface area (Å²) in [6.07, 6.45) is 0.905. The van der Waals surface area contributed by atoms with Crippen LogP contribution in [-0.2, 0) is 4.79 Å². The highest BCUT2D eigenvalue weighted by molar-refractivity contribution is 7.81. The Hall–Kier alpha value is -1.20. The highest BCUT2D eigenvalue weighted by atomic mass is 35.5. The molecule has 0 bridgehead atoms. The van der Waals surface area contributed by atoms with E-state index >= 15 is 0 Å². The molecule has 138 valence electrons. The third-order valence-electron chi connectivity index (χ3n) is 4.87. The number of carbonyl (C=O) groups is 1. The number of piperazine rings is 1. The second-order valence-corrected chi connectivity index (χ2v) is 8.05. The average molecular weight is 409 g/mol. The molecule has 0 saturated carbocycles. The van der Waals surface area contributed by atoms with Gasteiger partial charge in [0.2, 0.25) is 0 Å². The van der Waals surface area contributed by atoms with Gasteiger partial charge in [-0.2, -0.15) is 12.6 Å². The van der Waals surface area contributed by atoms with Gasteiger partial charge in [-0.25, -0.2) is 0 Å². The van der Waals surface area contributed by atoms with Crippen LogP contribution in [0, 0.1) is 6.92 Å². The normalized spacial score (nSPS) is 17.8. The Bertz CT molecular complexity index is 778. The number of hydrogen-bond donors (Lipinski definition) is 1. The molecule has 2 aromatic rings. The van der Waals surface area contributed by atoms with E-state index in [0.29, 0.717) is 5.02 Å². The molecule has 1 aliphatic heterocycles. The van der Waals surface area contributed by atoms with E-state index in [2.05, 4.69) is 35.4 Å². The van der Waals surface area contributed by atoms with Gasteiger partial charge in [-0.1, -0.05) is 41.4 Å². The zero-order valence-corrected chi connectivity index (χ0v) is 17.0. The van der Waals surface area contributed by atoms with Crippen LogP contribution in [0.5, 0.6) is 0 Å². The monoisotopic (exact) mass is 408 g/mol. The number of nitrogens with zero attached hydrogens (tertiary/aromatic N) is 2. The summed E-state index contributed by atoms with van der Waals surface area (Å²) in [6, 6.07) is 13.6. The minimum Gasteiger partial charge on any atom is -0.369 e.